The van der Waals surface area contributed by atoms with Crippen molar-refractivity contribution in [2.75, 3.05) is 0 Å². The van der Waals surface area contributed by atoms with E-state index < -0.39 is 0 Å². The molecule has 0 fully saturated rings. The molecule has 0 aliphatic rings. The smallest absolute Gasteiger partial charge is 0.169 e. The Balaban J connectivity index is 2.34. The van der Waals surface area contributed by atoms with Gasteiger partial charge in [0.05, 0.1) is 10.0 Å². The van der Waals surface area contributed by atoms with Crippen molar-refractivity contribution in [3.8, 4) is 11.3 Å². The first-order valence-electron chi connectivity index (χ1n) is 6.10. The van der Waals surface area contributed by atoms with Gasteiger partial charge in [-0.05, 0) is 30.7 Å². The number of hydrogen-bond donors (Lipinski definition) is 0. The van der Waals surface area contributed by atoms with Crippen molar-refractivity contribution in [1.82, 2.24) is 9.38 Å². The van der Waals surface area contributed by atoms with E-state index in [2.05, 4.69) is 4.98 Å². The lowest BCUT2D eigenvalue weighted by Crippen LogP contribution is -1.93. The molecule has 1 aromatic carbocycles. The first-order chi connectivity index (χ1) is 10.0. The zero-order chi connectivity index (χ0) is 15.1. The standard InChI is InChI=1S/C15H9Cl3N2O/c1-8-4-9(2-3-11(8)17)14-13(7-21)20-6-10(16)5-12(18)15(20)19-14/h2-7H,1H3. The topological polar surface area (TPSA) is 34.4 Å². The molecule has 0 radical (unpaired) electrons. The lowest BCUT2D eigenvalue weighted by molar-refractivity contribution is 0.111. The Bertz CT molecular complexity index is 871. The van der Waals surface area contributed by atoms with Gasteiger partial charge in [-0.15, -0.1) is 0 Å². The Labute approximate surface area is 136 Å². The molecule has 0 aliphatic carbocycles. The number of carbonyl (C=O) groups is 1. The van der Waals surface area contributed by atoms with E-state index in [1.54, 1.807) is 22.7 Å². The average molecular weight is 340 g/mol. The molecule has 3 rings (SSSR count). The normalized spacial score (nSPS) is 11.0. The molecular weight excluding hydrogens is 331 g/mol. The Morgan fingerprint density at radius 3 is 2.57 bits per heavy atom. The van der Waals surface area contributed by atoms with Gasteiger partial charge in [0.15, 0.2) is 11.9 Å². The van der Waals surface area contributed by atoms with Gasteiger partial charge in [0.2, 0.25) is 0 Å². The van der Waals surface area contributed by atoms with Gasteiger partial charge >= 0.3 is 0 Å². The quantitative estimate of drug-likeness (QED) is 0.610. The third-order valence-electron chi connectivity index (χ3n) is 3.22. The molecule has 2 aromatic heterocycles. The number of imidazole rings is 1. The number of hydrogen-bond acceptors (Lipinski definition) is 2. The highest BCUT2D eigenvalue weighted by Crippen LogP contribution is 2.30. The summed E-state index contributed by atoms with van der Waals surface area (Å²) in [4.78, 5) is 15.9. The van der Waals surface area contributed by atoms with Crippen molar-refractivity contribution in [2.45, 2.75) is 6.92 Å². The number of carbonyl (C=O) groups excluding carboxylic acids is 1. The van der Waals surface area contributed by atoms with Gasteiger partial charge in [-0.3, -0.25) is 9.20 Å². The molecule has 0 spiro atoms. The Morgan fingerprint density at radius 2 is 1.90 bits per heavy atom. The Hall–Kier alpha value is -1.55. The Kier molecular flexibility index (Phi) is 3.66. The molecule has 106 valence electrons. The molecule has 0 bridgehead atoms. The molecule has 21 heavy (non-hydrogen) atoms. The van der Waals surface area contributed by atoms with Crippen LogP contribution in [0.25, 0.3) is 16.9 Å². The van der Waals surface area contributed by atoms with Gasteiger partial charge in [0, 0.05) is 16.8 Å². The maximum absolute atomic E-state index is 11.5. The molecule has 3 aromatic rings. The number of benzene rings is 1. The molecule has 0 N–H and O–H groups in total. The van der Waals surface area contributed by atoms with Crippen molar-refractivity contribution in [3.05, 3.63) is 56.8 Å². The summed E-state index contributed by atoms with van der Waals surface area (Å²) in [7, 11) is 0. The predicted molar refractivity (Wildman–Crippen MR) is 85.8 cm³/mol. The zero-order valence-electron chi connectivity index (χ0n) is 10.9. The zero-order valence-corrected chi connectivity index (χ0v) is 13.2. The summed E-state index contributed by atoms with van der Waals surface area (Å²) in [5.74, 6) is 0. The monoisotopic (exact) mass is 338 g/mol. The largest absolute Gasteiger partial charge is 0.296 e. The number of aldehydes is 1. The molecule has 0 atom stereocenters. The number of rotatable bonds is 2. The number of fused-ring (bicyclic) bond motifs is 1. The van der Waals surface area contributed by atoms with E-state index in [0.29, 0.717) is 32.1 Å². The van der Waals surface area contributed by atoms with Crippen LogP contribution < -0.4 is 0 Å². The van der Waals surface area contributed by atoms with Gasteiger partial charge in [0.25, 0.3) is 0 Å². The van der Waals surface area contributed by atoms with Crippen molar-refractivity contribution >= 4 is 46.7 Å². The minimum absolute atomic E-state index is 0.391. The summed E-state index contributed by atoms with van der Waals surface area (Å²) in [5, 5.41) is 1.49. The number of halogens is 3. The van der Waals surface area contributed by atoms with Crippen LogP contribution in [-0.4, -0.2) is 15.7 Å². The second-order valence-corrected chi connectivity index (χ2v) is 5.88. The summed E-state index contributed by atoms with van der Waals surface area (Å²) in [6.45, 7) is 1.89. The van der Waals surface area contributed by atoms with Gasteiger partial charge in [-0.25, -0.2) is 4.98 Å². The predicted octanol–water partition coefficient (Wildman–Crippen LogP) is 5.08. The van der Waals surface area contributed by atoms with Crippen LogP contribution in [0.1, 0.15) is 16.1 Å². The van der Waals surface area contributed by atoms with Gasteiger partial charge < -0.3 is 0 Å². The van der Waals surface area contributed by atoms with Gasteiger partial charge in [-0.2, -0.15) is 0 Å². The highest BCUT2D eigenvalue weighted by molar-refractivity contribution is 6.36. The van der Waals surface area contributed by atoms with E-state index in [1.807, 2.05) is 19.1 Å². The number of aryl methyl sites for hydroxylation is 1. The fourth-order valence-electron chi connectivity index (χ4n) is 2.21. The fraction of sp³-hybridized carbons (Fsp3) is 0.0667. The minimum Gasteiger partial charge on any atom is -0.296 e. The third kappa shape index (κ3) is 2.42. The van der Waals surface area contributed by atoms with Gasteiger partial charge in [0.1, 0.15) is 11.4 Å². The summed E-state index contributed by atoms with van der Waals surface area (Å²) in [6, 6.07) is 7.07. The molecule has 3 nitrogen and oxygen atoms in total. The molecule has 0 unspecified atom stereocenters. The maximum atomic E-state index is 11.5. The molecule has 2 heterocycles. The number of aromatic nitrogens is 2. The lowest BCUT2D eigenvalue weighted by Gasteiger charge is -2.02. The maximum Gasteiger partial charge on any atom is 0.169 e. The van der Waals surface area contributed by atoms with Crippen LogP contribution in [0.15, 0.2) is 30.5 Å². The van der Waals surface area contributed by atoms with E-state index in [-0.39, 0.29) is 0 Å². The molecular formula is C15H9Cl3N2O. The highest BCUT2D eigenvalue weighted by Gasteiger charge is 2.16. The van der Waals surface area contributed by atoms with Crippen molar-refractivity contribution in [3.63, 3.8) is 0 Å². The van der Waals surface area contributed by atoms with Crippen molar-refractivity contribution < 1.29 is 4.79 Å². The number of pyridine rings is 1. The van der Waals surface area contributed by atoms with E-state index >= 15 is 0 Å². The summed E-state index contributed by atoms with van der Waals surface area (Å²) >= 11 is 18.2. The minimum atomic E-state index is 0.391. The van der Waals surface area contributed by atoms with Gasteiger partial charge in [-0.1, -0.05) is 40.9 Å². The second-order valence-electron chi connectivity index (χ2n) is 4.63. The second kappa shape index (κ2) is 5.34. The lowest BCUT2D eigenvalue weighted by atomic mass is 10.1. The van der Waals surface area contributed by atoms with Crippen LogP contribution in [0.2, 0.25) is 15.1 Å². The first kappa shape index (κ1) is 14.4. The van der Waals surface area contributed by atoms with Crippen LogP contribution in [0, 0.1) is 6.92 Å². The third-order valence-corrected chi connectivity index (χ3v) is 4.13. The summed E-state index contributed by atoms with van der Waals surface area (Å²) in [6.07, 6.45) is 2.36. The van der Waals surface area contributed by atoms with Crippen molar-refractivity contribution in [2.24, 2.45) is 0 Å². The molecule has 0 amide bonds. The van der Waals surface area contributed by atoms with Crippen LogP contribution in [-0.2, 0) is 0 Å². The highest BCUT2D eigenvalue weighted by atomic mass is 35.5. The van der Waals surface area contributed by atoms with Crippen molar-refractivity contribution in [1.29, 1.82) is 0 Å². The SMILES string of the molecule is Cc1cc(-c2nc3c(Cl)cc(Cl)cn3c2C=O)ccc1Cl. The summed E-state index contributed by atoms with van der Waals surface area (Å²) < 4.78 is 1.59. The van der Waals surface area contributed by atoms with Crippen LogP contribution in [0.3, 0.4) is 0 Å². The number of nitrogens with zero attached hydrogens (tertiary/aromatic N) is 2. The van der Waals surface area contributed by atoms with E-state index in [4.69, 9.17) is 34.8 Å². The van der Waals surface area contributed by atoms with E-state index in [1.165, 1.54) is 0 Å². The van der Waals surface area contributed by atoms with Crippen LogP contribution in [0.5, 0.6) is 0 Å². The molecule has 0 aliphatic heterocycles. The van der Waals surface area contributed by atoms with Crippen LogP contribution >= 0.6 is 34.8 Å². The first-order valence-corrected chi connectivity index (χ1v) is 7.23. The summed E-state index contributed by atoms with van der Waals surface area (Å²) in [5.41, 5.74) is 3.15. The average Bonchev–Trinajstić information content (AvgIpc) is 2.80. The molecule has 6 heteroatoms. The Morgan fingerprint density at radius 1 is 1.14 bits per heavy atom. The van der Waals surface area contributed by atoms with Crippen LogP contribution in [0.4, 0.5) is 0 Å². The molecule has 0 saturated heterocycles. The fourth-order valence-corrected chi connectivity index (χ4v) is 2.84. The molecule has 0 saturated carbocycles. The van der Waals surface area contributed by atoms with E-state index in [0.717, 1.165) is 17.4 Å². The van der Waals surface area contributed by atoms with E-state index in [9.17, 15) is 4.79 Å².